The molecule has 4 rings (SSSR count). The minimum Gasteiger partial charge on any atom is -0.493 e. The number of hydrogen-bond donors (Lipinski definition) is 1. The van der Waals surface area contributed by atoms with Crippen LogP contribution in [0.3, 0.4) is 0 Å². The zero-order valence-corrected chi connectivity index (χ0v) is 21.2. The van der Waals surface area contributed by atoms with Gasteiger partial charge in [0.1, 0.15) is 18.4 Å². The fourth-order valence-electron chi connectivity index (χ4n) is 4.57. The summed E-state index contributed by atoms with van der Waals surface area (Å²) in [5.41, 5.74) is 0.644. The number of amides is 2. The molecule has 1 saturated carbocycles. The smallest absolute Gasteiger partial charge is 0.251 e. The summed E-state index contributed by atoms with van der Waals surface area (Å²) < 4.78 is 25.4. The van der Waals surface area contributed by atoms with Crippen LogP contribution in [0, 0.1) is 5.82 Å². The Morgan fingerprint density at radius 1 is 1.14 bits per heavy atom. The maximum absolute atomic E-state index is 14.9. The number of nitrogens with one attached hydrogen (secondary N) is 1. The average Bonchev–Trinajstić information content (AvgIpc) is 3.59. The highest BCUT2D eigenvalue weighted by Crippen LogP contribution is 2.31. The predicted octanol–water partition coefficient (Wildman–Crippen LogP) is 3.37. The molecule has 1 atom stereocenters. The lowest BCUT2D eigenvalue weighted by Crippen LogP contribution is -2.52. The van der Waals surface area contributed by atoms with Gasteiger partial charge in [-0.1, -0.05) is 31.9 Å². The molecule has 11 heteroatoms. The number of tetrazole rings is 1. The van der Waals surface area contributed by atoms with Crippen LogP contribution >= 0.6 is 0 Å². The quantitative estimate of drug-likeness (QED) is 0.445. The zero-order valence-electron chi connectivity index (χ0n) is 21.2. The number of ether oxygens (including phenoxy) is 2. The Labute approximate surface area is 214 Å². The van der Waals surface area contributed by atoms with Crippen molar-refractivity contribution in [1.29, 1.82) is 0 Å². The number of nitrogens with zero attached hydrogens (tertiary/aromatic N) is 5. The van der Waals surface area contributed by atoms with E-state index in [1.807, 2.05) is 0 Å². The Hall–Kier alpha value is -4.02. The van der Waals surface area contributed by atoms with Gasteiger partial charge >= 0.3 is 0 Å². The fraction of sp³-hybridized carbons (Fsp3) is 0.423. The van der Waals surface area contributed by atoms with Gasteiger partial charge in [0.25, 0.3) is 5.91 Å². The van der Waals surface area contributed by atoms with Crippen LogP contribution in [0.5, 0.6) is 11.5 Å². The van der Waals surface area contributed by atoms with E-state index >= 15 is 0 Å². The fourth-order valence-corrected chi connectivity index (χ4v) is 4.57. The molecule has 1 unspecified atom stereocenters. The third-order valence-electron chi connectivity index (χ3n) is 6.45. The Morgan fingerprint density at radius 3 is 2.54 bits per heavy atom. The first-order valence-corrected chi connectivity index (χ1v) is 12.3. The van der Waals surface area contributed by atoms with Crippen molar-refractivity contribution in [2.75, 3.05) is 19.1 Å². The van der Waals surface area contributed by atoms with Gasteiger partial charge in [0, 0.05) is 11.6 Å². The SMILES string of the molecule is CCC(C(=O)NC1CCCC1)N(C(=O)Cn1nnc(-c2ccc(OC)c(OC)c2)n1)c1ccccc1F. The third-order valence-corrected chi connectivity index (χ3v) is 6.45. The number of halogens is 1. The number of anilines is 1. The van der Waals surface area contributed by atoms with Crippen molar-refractivity contribution in [2.45, 2.75) is 57.7 Å². The number of methoxy groups -OCH3 is 2. The van der Waals surface area contributed by atoms with Crippen LogP contribution in [-0.4, -0.2) is 58.3 Å². The highest BCUT2D eigenvalue weighted by Gasteiger charge is 2.33. The molecular weight excluding hydrogens is 479 g/mol. The first kappa shape index (κ1) is 26.1. The molecule has 1 aliphatic carbocycles. The lowest BCUT2D eigenvalue weighted by molar-refractivity contribution is -0.127. The number of carbonyl (C=O) groups excluding carboxylic acids is 2. The summed E-state index contributed by atoms with van der Waals surface area (Å²) in [6.07, 6.45) is 4.21. The van der Waals surface area contributed by atoms with E-state index in [1.165, 1.54) is 37.3 Å². The maximum Gasteiger partial charge on any atom is 0.251 e. The summed E-state index contributed by atoms with van der Waals surface area (Å²) in [6, 6.07) is 10.3. The van der Waals surface area contributed by atoms with E-state index < -0.39 is 17.8 Å². The van der Waals surface area contributed by atoms with Crippen molar-refractivity contribution in [2.24, 2.45) is 0 Å². The van der Waals surface area contributed by atoms with Gasteiger partial charge in [0.15, 0.2) is 11.5 Å². The van der Waals surface area contributed by atoms with Crippen LogP contribution in [0.4, 0.5) is 10.1 Å². The lowest BCUT2D eigenvalue weighted by atomic mass is 10.1. The van der Waals surface area contributed by atoms with Crippen LogP contribution in [0.25, 0.3) is 11.4 Å². The maximum atomic E-state index is 14.9. The molecule has 1 heterocycles. The summed E-state index contributed by atoms with van der Waals surface area (Å²) in [4.78, 5) is 29.1. The van der Waals surface area contributed by atoms with E-state index in [0.29, 0.717) is 23.5 Å². The second kappa shape index (κ2) is 11.8. The van der Waals surface area contributed by atoms with Crippen molar-refractivity contribution in [3.8, 4) is 22.9 Å². The molecule has 1 fully saturated rings. The first-order valence-electron chi connectivity index (χ1n) is 12.3. The largest absolute Gasteiger partial charge is 0.493 e. The number of hydrogen-bond acceptors (Lipinski definition) is 7. The van der Waals surface area contributed by atoms with E-state index in [-0.39, 0.29) is 30.0 Å². The van der Waals surface area contributed by atoms with Crippen molar-refractivity contribution in [1.82, 2.24) is 25.5 Å². The van der Waals surface area contributed by atoms with E-state index in [9.17, 15) is 14.0 Å². The zero-order chi connectivity index (χ0) is 26.4. The van der Waals surface area contributed by atoms with E-state index in [0.717, 1.165) is 30.5 Å². The molecule has 0 saturated heterocycles. The molecule has 0 aliphatic heterocycles. The lowest BCUT2D eigenvalue weighted by Gasteiger charge is -2.31. The molecule has 1 N–H and O–H groups in total. The molecule has 0 bridgehead atoms. The van der Waals surface area contributed by atoms with Crippen molar-refractivity contribution >= 4 is 17.5 Å². The van der Waals surface area contributed by atoms with E-state index in [4.69, 9.17) is 9.47 Å². The van der Waals surface area contributed by atoms with Gasteiger partial charge in [-0.05, 0) is 54.8 Å². The van der Waals surface area contributed by atoms with Crippen LogP contribution in [0.2, 0.25) is 0 Å². The predicted molar refractivity (Wildman–Crippen MR) is 135 cm³/mol. The summed E-state index contributed by atoms with van der Waals surface area (Å²) in [7, 11) is 3.06. The number of rotatable bonds is 10. The topological polar surface area (TPSA) is 111 Å². The van der Waals surface area contributed by atoms with E-state index in [1.54, 1.807) is 31.2 Å². The highest BCUT2D eigenvalue weighted by atomic mass is 19.1. The molecule has 1 aromatic heterocycles. The molecule has 0 spiro atoms. The van der Waals surface area contributed by atoms with Gasteiger partial charge in [-0.25, -0.2) is 4.39 Å². The molecule has 37 heavy (non-hydrogen) atoms. The highest BCUT2D eigenvalue weighted by molar-refractivity contribution is 6.00. The van der Waals surface area contributed by atoms with Gasteiger partial charge in [-0.15, -0.1) is 10.2 Å². The van der Waals surface area contributed by atoms with E-state index in [2.05, 4.69) is 20.7 Å². The van der Waals surface area contributed by atoms with Crippen LogP contribution in [-0.2, 0) is 16.1 Å². The summed E-state index contributed by atoms with van der Waals surface area (Å²) in [6.45, 7) is 1.46. The second-order valence-corrected chi connectivity index (χ2v) is 8.84. The Morgan fingerprint density at radius 2 is 1.86 bits per heavy atom. The van der Waals surface area contributed by atoms with Gasteiger partial charge in [-0.2, -0.15) is 4.80 Å². The molecule has 196 valence electrons. The summed E-state index contributed by atoms with van der Waals surface area (Å²) in [5, 5.41) is 15.4. The minimum absolute atomic E-state index is 0.0288. The molecule has 3 aromatic rings. The number of para-hydroxylation sites is 1. The van der Waals surface area contributed by atoms with Crippen LogP contribution in [0.1, 0.15) is 39.0 Å². The minimum atomic E-state index is -0.890. The Bertz CT molecular complexity index is 1240. The van der Waals surface area contributed by atoms with Crippen molar-refractivity contribution in [3.05, 3.63) is 48.3 Å². The Balaban J connectivity index is 1.58. The molecule has 2 amide bonds. The molecule has 10 nitrogen and oxygen atoms in total. The molecule has 1 aliphatic rings. The van der Waals surface area contributed by atoms with Crippen molar-refractivity contribution in [3.63, 3.8) is 0 Å². The normalized spacial score (nSPS) is 14.3. The summed E-state index contributed by atoms with van der Waals surface area (Å²) in [5.74, 6) is -0.107. The number of benzene rings is 2. The van der Waals surface area contributed by atoms with Gasteiger partial charge in [-0.3, -0.25) is 14.5 Å². The van der Waals surface area contributed by atoms with Crippen molar-refractivity contribution < 1.29 is 23.5 Å². The van der Waals surface area contributed by atoms with Crippen LogP contribution in [0.15, 0.2) is 42.5 Å². The second-order valence-electron chi connectivity index (χ2n) is 8.84. The molecule has 2 aromatic carbocycles. The average molecular weight is 511 g/mol. The third kappa shape index (κ3) is 5.87. The standard InChI is InChI=1S/C26H31FN6O4/c1-4-20(26(35)28-18-9-5-6-10-18)33(21-12-8-7-11-19(21)27)24(34)16-32-30-25(29-31-32)17-13-14-22(36-2)23(15-17)37-3/h7-8,11-15,18,20H,4-6,9-10,16H2,1-3H3,(H,28,35). The van der Waals surface area contributed by atoms with Crippen LogP contribution < -0.4 is 19.7 Å². The Kier molecular flexibility index (Phi) is 8.32. The van der Waals surface area contributed by atoms with Gasteiger partial charge in [0.05, 0.1) is 19.9 Å². The number of aromatic nitrogens is 4. The molecular formula is C26H31FN6O4. The monoisotopic (exact) mass is 510 g/mol. The number of carbonyl (C=O) groups is 2. The van der Waals surface area contributed by atoms with Gasteiger partial charge < -0.3 is 14.8 Å². The summed E-state index contributed by atoms with van der Waals surface area (Å²) >= 11 is 0. The van der Waals surface area contributed by atoms with Gasteiger partial charge in [0.2, 0.25) is 11.7 Å². The molecule has 0 radical (unpaired) electrons. The first-order chi connectivity index (χ1) is 17.9.